The van der Waals surface area contributed by atoms with Crippen molar-refractivity contribution in [3.05, 3.63) is 113 Å². The van der Waals surface area contributed by atoms with Crippen LogP contribution in [0, 0.1) is 11.3 Å². The van der Waals surface area contributed by atoms with Gasteiger partial charge in [0.15, 0.2) is 0 Å². The number of nitrogens with one attached hydrogen (secondary N) is 2. The summed E-state index contributed by atoms with van der Waals surface area (Å²) in [4.78, 5) is 13.3. The molecule has 0 aromatic heterocycles. The third kappa shape index (κ3) is 4.87. The molecule has 180 valence electrons. The Labute approximate surface area is 210 Å². The number of amides is 1. The summed E-state index contributed by atoms with van der Waals surface area (Å²) in [7, 11) is -3.92. The van der Waals surface area contributed by atoms with Gasteiger partial charge in [-0.25, -0.2) is 13.1 Å². The van der Waals surface area contributed by atoms with Gasteiger partial charge < -0.3 is 5.32 Å². The molecule has 6 nitrogen and oxygen atoms in total. The first-order valence-electron chi connectivity index (χ1n) is 11.8. The Hall–Kier alpha value is -3.99. The van der Waals surface area contributed by atoms with Crippen LogP contribution in [0.15, 0.2) is 95.9 Å². The van der Waals surface area contributed by atoms with Crippen molar-refractivity contribution in [3.63, 3.8) is 0 Å². The summed E-state index contributed by atoms with van der Waals surface area (Å²) in [6.07, 6.45) is 1.48. The molecule has 0 saturated heterocycles. The Morgan fingerprint density at radius 2 is 1.72 bits per heavy atom. The molecule has 5 rings (SSSR count). The van der Waals surface area contributed by atoms with Crippen LogP contribution in [-0.4, -0.2) is 14.3 Å². The van der Waals surface area contributed by atoms with E-state index in [9.17, 15) is 13.2 Å². The molecule has 36 heavy (non-hydrogen) atoms. The van der Waals surface area contributed by atoms with Crippen molar-refractivity contribution in [2.24, 2.45) is 0 Å². The number of hydrogen-bond acceptors (Lipinski definition) is 4. The predicted molar refractivity (Wildman–Crippen MR) is 138 cm³/mol. The lowest BCUT2D eigenvalue weighted by Gasteiger charge is -2.21. The van der Waals surface area contributed by atoms with Crippen molar-refractivity contribution in [2.75, 3.05) is 0 Å². The van der Waals surface area contributed by atoms with Crippen molar-refractivity contribution in [3.8, 4) is 6.07 Å². The van der Waals surface area contributed by atoms with E-state index in [1.807, 2.05) is 66.7 Å². The number of hydrogen-bond donors (Lipinski definition) is 2. The standard InChI is InChI=1S/C29H25N3O3S/c30-19-20-13-15-24-23(17-20)14-16-26(24)31-29(33)18-27(22-8-2-1-3-9-22)32-36(34,35)28-12-6-10-21-7-4-5-11-25(21)28/h1-13,15,17,26-27,32H,14,16,18H2,(H,31,33). The SMILES string of the molecule is N#Cc1ccc2c(c1)CCC2NC(=O)CC(NS(=O)(=O)c1cccc2ccccc12)c1ccccc1. The van der Waals surface area contributed by atoms with Crippen molar-refractivity contribution < 1.29 is 13.2 Å². The zero-order valence-corrected chi connectivity index (χ0v) is 20.3. The van der Waals surface area contributed by atoms with E-state index < -0.39 is 16.1 Å². The number of sulfonamides is 1. The molecular formula is C29H25N3O3S. The molecule has 2 atom stereocenters. The Balaban J connectivity index is 1.39. The van der Waals surface area contributed by atoms with Crippen LogP contribution in [0.3, 0.4) is 0 Å². The van der Waals surface area contributed by atoms with Crippen LogP contribution in [0.25, 0.3) is 10.8 Å². The van der Waals surface area contributed by atoms with Gasteiger partial charge in [0, 0.05) is 11.8 Å². The Bertz CT molecular complexity index is 1570. The van der Waals surface area contributed by atoms with Crippen LogP contribution in [-0.2, 0) is 21.2 Å². The maximum atomic E-state index is 13.5. The number of rotatable bonds is 7. The Morgan fingerprint density at radius 3 is 2.53 bits per heavy atom. The monoisotopic (exact) mass is 495 g/mol. The average Bonchev–Trinajstić information content (AvgIpc) is 3.29. The minimum atomic E-state index is -3.92. The van der Waals surface area contributed by atoms with Gasteiger partial charge in [-0.1, -0.05) is 72.8 Å². The van der Waals surface area contributed by atoms with E-state index in [1.54, 1.807) is 24.3 Å². The van der Waals surface area contributed by atoms with E-state index in [1.165, 1.54) is 0 Å². The minimum absolute atomic E-state index is 0.0455. The Morgan fingerprint density at radius 1 is 0.972 bits per heavy atom. The third-order valence-electron chi connectivity index (χ3n) is 6.61. The van der Waals surface area contributed by atoms with Crippen LogP contribution >= 0.6 is 0 Å². The highest BCUT2D eigenvalue weighted by molar-refractivity contribution is 7.89. The minimum Gasteiger partial charge on any atom is -0.349 e. The van der Waals surface area contributed by atoms with E-state index in [4.69, 9.17) is 5.26 Å². The maximum absolute atomic E-state index is 13.5. The molecule has 0 saturated carbocycles. The van der Waals surface area contributed by atoms with E-state index in [0.717, 1.165) is 29.4 Å². The molecule has 2 N–H and O–H groups in total. The number of fused-ring (bicyclic) bond motifs is 2. The number of aryl methyl sites for hydroxylation is 1. The molecule has 2 unspecified atom stereocenters. The molecular weight excluding hydrogens is 470 g/mol. The van der Waals surface area contributed by atoms with Crippen LogP contribution in [0.5, 0.6) is 0 Å². The van der Waals surface area contributed by atoms with Gasteiger partial charge in [-0.15, -0.1) is 0 Å². The predicted octanol–water partition coefficient (Wildman–Crippen LogP) is 4.92. The molecule has 1 aliphatic carbocycles. The van der Waals surface area contributed by atoms with Crippen LogP contribution < -0.4 is 10.0 Å². The van der Waals surface area contributed by atoms with Gasteiger partial charge in [0.05, 0.1) is 28.6 Å². The first kappa shape index (κ1) is 23.7. The number of carbonyl (C=O) groups excluding carboxylic acids is 1. The Kier molecular flexibility index (Phi) is 6.55. The molecule has 1 aliphatic rings. The second kappa shape index (κ2) is 9.94. The quantitative estimate of drug-likeness (QED) is 0.380. The second-order valence-electron chi connectivity index (χ2n) is 8.95. The fraction of sp³-hybridized carbons (Fsp3) is 0.172. The summed E-state index contributed by atoms with van der Waals surface area (Å²) in [5.74, 6) is -0.244. The van der Waals surface area contributed by atoms with Crippen molar-refractivity contribution >= 4 is 26.7 Å². The van der Waals surface area contributed by atoms with Crippen LogP contribution in [0.4, 0.5) is 0 Å². The largest absolute Gasteiger partial charge is 0.349 e. The molecule has 0 radical (unpaired) electrons. The van der Waals surface area contributed by atoms with Gasteiger partial charge in [0.1, 0.15) is 0 Å². The first-order valence-corrected chi connectivity index (χ1v) is 13.3. The van der Waals surface area contributed by atoms with Gasteiger partial charge in [0.25, 0.3) is 0 Å². The fourth-order valence-corrected chi connectivity index (χ4v) is 6.32. The first-order chi connectivity index (χ1) is 17.4. The topological polar surface area (TPSA) is 99.1 Å². The van der Waals surface area contributed by atoms with E-state index in [2.05, 4.69) is 16.1 Å². The lowest BCUT2D eigenvalue weighted by molar-refractivity contribution is -0.122. The third-order valence-corrected chi connectivity index (χ3v) is 8.14. The van der Waals surface area contributed by atoms with Gasteiger partial charge in [-0.3, -0.25) is 4.79 Å². The molecule has 0 heterocycles. The van der Waals surface area contributed by atoms with Crippen molar-refractivity contribution in [1.29, 1.82) is 5.26 Å². The lowest BCUT2D eigenvalue weighted by Crippen LogP contribution is -2.35. The molecule has 1 amide bonds. The summed E-state index contributed by atoms with van der Waals surface area (Å²) in [6.45, 7) is 0. The highest BCUT2D eigenvalue weighted by Gasteiger charge is 2.28. The van der Waals surface area contributed by atoms with Crippen molar-refractivity contribution in [1.82, 2.24) is 10.0 Å². The summed E-state index contributed by atoms with van der Waals surface area (Å²) < 4.78 is 29.8. The summed E-state index contributed by atoms with van der Waals surface area (Å²) in [5, 5.41) is 13.7. The number of carbonyl (C=O) groups is 1. The molecule has 4 aromatic carbocycles. The van der Waals surface area contributed by atoms with Crippen molar-refractivity contribution in [2.45, 2.75) is 36.2 Å². The fourth-order valence-electron chi connectivity index (χ4n) is 4.87. The lowest BCUT2D eigenvalue weighted by atomic mass is 10.0. The zero-order chi connectivity index (χ0) is 25.1. The van der Waals surface area contributed by atoms with E-state index >= 15 is 0 Å². The molecule has 0 fully saturated rings. The van der Waals surface area contributed by atoms with Crippen LogP contribution in [0.1, 0.15) is 47.2 Å². The maximum Gasteiger partial charge on any atom is 0.241 e. The number of nitriles is 1. The average molecular weight is 496 g/mol. The smallest absolute Gasteiger partial charge is 0.241 e. The van der Waals surface area contributed by atoms with Gasteiger partial charge in [-0.2, -0.15) is 5.26 Å². The summed E-state index contributed by atoms with van der Waals surface area (Å²) >= 11 is 0. The normalized spacial score (nSPS) is 15.7. The molecule has 7 heteroatoms. The highest BCUT2D eigenvalue weighted by Crippen LogP contribution is 2.32. The van der Waals surface area contributed by atoms with Gasteiger partial charge >= 0.3 is 0 Å². The molecule has 0 aliphatic heterocycles. The zero-order valence-electron chi connectivity index (χ0n) is 19.5. The van der Waals surface area contributed by atoms with E-state index in [-0.39, 0.29) is 23.3 Å². The summed E-state index contributed by atoms with van der Waals surface area (Å²) in [5.41, 5.74) is 3.39. The van der Waals surface area contributed by atoms with Gasteiger partial charge in [0.2, 0.25) is 15.9 Å². The molecule has 0 bridgehead atoms. The molecule has 0 spiro atoms. The number of nitrogens with zero attached hydrogens (tertiary/aromatic N) is 1. The molecule has 4 aromatic rings. The second-order valence-corrected chi connectivity index (χ2v) is 10.6. The number of benzene rings is 4. The highest BCUT2D eigenvalue weighted by atomic mass is 32.2. The summed E-state index contributed by atoms with van der Waals surface area (Å²) in [6, 6.07) is 28.4. The van der Waals surface area contributed by atoms with Gasteiger partial charge in [-0.05, 0) is 53.1 Å². The van der Waals surface area contributed by atoms with E-state index in [0.29, 0.717) is 16.5 Å². The van der Waals surface area contributed by atoms with Crippen LogP contribution in [0.2, 0.25) is 0 Å².